The predicted octanol–water partition coefficient (Wildman–Crippen LogP) is 6.17. The molecular weight excluding hydrogens is 1040 g/mol. The van der Waals surface area contributed by atoms with Gasteiger partial charge in [-0.05, 0) is 95.5 Å². The maximum Gasteiger partial charge on any atom is 0.368 e. The fourth-order valence-corrected chi connectivity index (χ4v) is 9.95. The Morgan fingerprint density at radius 1 is 0.676 bits per heavy atom. The smallest absolute Gasteiger partial charge is 0.368 e. The molecule has 392 valence electrons. The van der Waals surface area contributed by atoms with E-state index in [1.165, 1.54) is 4.90 Å². The Hall–Kier alpha value is -4.76. The number of benzene rings is 2. The van der Waals surface area contributed by atoms with Crippen molar-refractivity contribution in [3.8, 4) is 0 Å². The van der Waals surface area contributed by atoms with Gasteiger partial charge < -0.3 is 28.1 Å². The molecule has 0 radical (unpaired) electrons. The van der Waals surface area contributed by atoms with Crippen LogP contribution in [0, 0.1) is 21.7 Å². The standard InChI is InChI=1S/C14H12OS2.2C13H17F3O7S.C5H5N/c1-10(15)11-2-6-13(7-3-11)17-14-8-4-12(16)5-9-14;2*1-10(2)11(3)4-5-12(10,23-8(11)17)9(18)22-6-7(14)13(15,16)24(19,20)21;1-2-4-6-5-3-1/h2-9,16H,1H3;2*7H,4-6H2,1-3H3,(H,19,20,21);1-5H. The number of alkyl halides is 6. The summed E-state index contributed by atoms with van der Waals surface area (Å²) in [5, 5.41) is -10.5. The zero-order valence-electron chi connectivity index (χ0n) is 39.0. The fourth-order valence-electron chi connectivity index (χ4n) is 8.20. The molecule has 26 heteroatoms. The summed E-state index contributed by atoms with van der Waals surface area (Å²) in [5.74, 6) is -3.70. The molecule has 3 heterocycles. The highest BCUT2D eigenvalue weighted by molar-refractivity contribution is 7.99. The molecule has 2 aliphatic carbocycles. The van der Waals surface area contributed by atoms with Crippen LogP contribution >= 0.6 is 11.8 Å². The molecule has 1 aromatic heterocycles. The Kier molecular flexibility index (Phi) is 17.4. The van der Waals surface area contributed by atoms with E-state index in [2.05, 4.69) is 39.2 Å². The first-order chi connectivity index (χ1) is 32.4. The third-order valence-electron chi connectivity index (χ3n) is 13.9. The van der Waals surface area contributed by atoms with Gasteiger partial charge in [0.1, 0.15) is 18.1 Å². The number of carbonyl (C=O) groups excluding carboxylic acids is 5. The lowest BCUT2D eigenvalue weighted by molar-refractivity contribution is -0.378. The largest absolute Gasteiger partial charge is 0.743 e. The van der Waals surface area contributed by atoms with Crippen LogP contribution < -0.4 is 4.98 Å². The fraction of sp³-hybridized carbons (Fsp3) is 0.511. The third kappa shape index (κ3) is 11.1. The summed E-state index contributed by atoms with van der Waals surface area (Å²) in [6.45, 7) is 7.72. The summed E-state index contributed by atoms with van der Waals surface area (Å²) in [6, 6.07) is 21.7. The number of nitrogens with one attached hydrogen (secondary N) is 1. The zero-order valence-corrected chi connectivity index (χ0v) is 42.5. The van der Waals surface area contributed by atoms with Crippen LogP contribution in [0.3, 0.4) is 0 Å². The maximum absolute atomic E-state index is 13.4. The lowest BCUT2D eigenvalue weighted by Gasteiger charge is -2.34. The third-order valence-corrected chi connectivity index (χ3v) is 17.1. The van der Waals surface area contributed by atoms with Crippen LogP contribution in [0.15, 0.2) is 93.8 Å². The second kappa shape index (κ2) is 21.0. The van der Waals surface area contributed by atoms with Gasteiger partial charge in [0, 0.05) is 38.3 Å². The van der Waals surface area contributed by atoms with Crippen LogP contribution in [0.4, 0.5) is 26.3 Å². The summed E-state index contributed by atoms with van der Waals surface area (Å²) in [6.07, 6.45) is -2.61. The number of aromatic amines is 1. The number of carbonyl (C=O) groups is 5. The summed E-state index contributed by atoms with van der Waals surface area (Å²) in [4.78, 5) is 65.9. The van der Waals surface area contributed by atoms with Crippen LogP contribution in [0.5, 0.6) is 0 Å². The first-order valence-corrected chi connectivity index (χ1v) is 25.3. The highest BCUT2D eigenvalue weighted by Gasteiger charge is 2.77. The van der Waals surface area contributed by atoms with Gasteiger partial charge in [0.05, 0.1) is 10.8 Å². The molecule has 4 fully saturated rings. The molecule has 16 nitrogen and oxygen atoms in total. The lowest BCUT2D eigenvalue weighted by Crippen LogP contribution is -2.50. The molecule has 2 saturated heterocycles. The van der Waals surface area contributed by atoms with Gasteiger partial charge in [-0.25, -0.2) is 40.2 Å². The first-order valence-electron chi connectivity index (χ1n) is 21.2. The Balaban J connectivity index is 0.000000220. The molecule has 0 amide bonds. The number of H-pyrrole nitrogens is 1. The van der Waals surface area contributed by atoms with Gasteiger partial charge in [-0.3, -0.25) is 14.4 Å². The van der Waals surface area contributed by atoms with E-state index < -0.39 is 113 Å². The van der Waals surface area contributed by atoms with Crippen molar-refractivity contribution in [2.24, 2.45) is 21.7 Å². The molecule has 6 unspecified atom stereocenters. The van der Waals surface area contributed by atoms with Gasteiger partial charge in [-0.1, -0.05) is 57.7 Å². The van der Waals surface area contributed by atoms with Gasteiger partial charge in [0.25, 0.3) is 0 Å². The monoisotopic (exact) mass is 1090 g/mol. The minimum absolute atomic E-state index is 0.0638. The number of halogens is 6. The zero-order chi connectivity index (χ0) is 54.0. The Labute approximate surface area is 415 Å². The first kappa shape index (κ1) is 58.8. The molecular formula is C45H51F6NO15S4. The molecule has 6 atom stereocenters. The summed E-state index contributed by atoms with van der Waals surface area (Å²) >= 11 is 5.14. The molecule has 4 aliphatic rings. The van der Waals surface area contributed by atoms with Gasteiger partial charge in [0.2, 0.25) is 23.5 Å². The van der Waals surface area contributed by atoms with Crippen molar-refractivity contribution in [2.75, 3.05) is 13.2 Å². The lowest BCUT2D eigenvalue weighted by atomic mass is 9.66. The molecule has 3 aromatic rings. The second-order valence-corrected chi connectivity index (χ2v) is 22.9. The number of rotatable bonds is 13. The van der Waals surface area contributed by atoms with E-state index in [0.717, 1.165) is 15.4 Å². The number of hydrogen-bond acceptors (Lipinski definition) is 16. The average molecular weight is 1090 g/mol. The van der Waals surface area contributed by atoms with Crippen LogP contribution in [-0.4, -0.2) is 103 Å². The van der Waals surface area contributed by atoms with E-state index in [0.29, 0.717) is 0 Å². The van der Waals surface area contributed by atoms with Crippen molar-refractivity contribution in [1.29, 1.82) is 0 Å². The maximum atomic E-state index is 13.4. The van der Waals surface area contributed by atoms with Gasteiger partial charge >= 0.3 is 34.4 Å². The van der Waals surface area contributed by atoms with Crippen LogP contribution in [0.2, 0.25) is 0 Å². The van der Waals surface area contributed by atoms with E-state index in [9.17, 15) is 76.3 Å². The topological polar surface area (TPSA) is 251 Å². The molecule has 7 rings (SSSR count). The second-order valence-electron chi connectivity index (χ2n) is 18.3. The number of ether oxygens (including phenoxy) is 4. The Morgan fingerprint density at radius 3 is 1.28 bits per heavy atom. The van der Waals surface area contributed by atoms with E-state index in [1.54, 1.807) is 60.2 Å². The molecule has 71 heavy (non-hydrogen) atoms. The summed E-state index contributed by atoms with van der Waals surface area (Å²) < 4.78 is 160. The normalized spacial score (nSPS) is 25.6. The number of ketones is 1. The average Bonchev–Trinajstić information content (AvgIpc) is 3.76. The van der Waals surface area contributed by atoms with Crippen molar-refractivity contribution < 1.29 is 100 Å². The van der Waals surface area contributed by atoms with Crippen molar-refractivity contribution >= 4 is 74.3 Å². The molecule has 2 aromatic carbocycles. The van der Waals surface area contributed by atoms with E-state index in [4.69, 9.17) is 9.47 Å². The number of Topliss-reactive ketones (excluding diaryl/α,β-unsaturated/α-hetero) is 1. The molecule has 4 bridgehead atoms. The number of fused-ring (bicyclic) bond motifs is 4. The molecule has 2 saturated carbocycles. The quantitative estimate of drug-likeness (QED) is 0.0464. The SMILES string of the molecule is CC(=O)c1ccc(Sc2ccc([SH2+])cc2)cc1.CC12CCC(C(=O)OCC(F)C(F)(F)S(=O)(=O)[O-])(OC1=O)C2(C)C.CC12CCC(C(=O)OCC(F)C(F)(F)S(=O)(=O)[O-])(OC1=O)C2(C)C.c1cc[nH+]cc1. The highest BCUT2D eigenvalue weighted by Crippen LogP contribution is 2.67. The number of aromatic nitrogens is 1. The number of esters is 4. The predicted molar refractivity (Wildman–Crippen MR) is 239 cm³/mol. The van der Waals surface area contributed by atoms with Crippen molar-refractivity contribution in [3.63, 3.8) is 0 Å². The summed E-state index contributed by atoms with van der Waals surface area (Å²) in [7, 11) is -12.5. The van der Waals surface area contributed by atoms with Crippen LogP contribution in [0.1, 0.15) is 84.5 Å². The molecule has 2 aliphatic heterocycles. The van der Waals surface area contributed by atoms with E-state index in [1.807, 2.05) is 67.0 Å². The molecule has 0 spiro atoms. The minimum atomic E-state index is -6.26. The van der Waals surface area contributed by atoms with Gasteiger partial charge in [-0.2, -0.15) is 17.6 Å². The number of hydrogen-bond donors (Lipinski definition) is 0. The van der Waals surface area contributed by atoms with Crippen molar-refractivity contribution in [3.05, 3.63) is 84.7 Å². The van der Waals surface area contributed by atoms with E-state index in [-0.39, 0.29) is 31.5 Å². The minimum Gasteiger partial charge on any atom is -0.743 e. The van der Waals surface area contributed by atoms with Crippen LogP contribution in [0.25, 0.3) is 0 Å². The van der Waals surface area contributed by atoms with Gasteiger partial charge in [0.15, 0.2) is 38.4 Å². The van der Waals surface area contributed by atoms with Crippen molar-refractivity contribution in [2.45, 2.75) is 123 Å². The molecule has 1 N–H and O–H groups in total. The van der Waals surface area contributed by atoms with Crippen molar-refractivity contribution in [1.82, 2.24) is 0 Å². The number of pyridine rings is 1. The van der Waals surface area contributed by atoms with Crippen LogP contribution in [-0.2, 0) is 71.0 Å². The van der Waals surface area contributed by atoms with Gasteiger partial charge in [-0.15, -0.1) is 0 Å². The highest BCUT2D eigenvalue weighted by atomic mass is 32.2. The Morgan fingerprint density at radius 2 is 1.03 bits per heavy atom. The van der Waals surface area contributed by atoms with E-state index >= 15 is 0 Å². The summed E-state index contributed by atoms with van der Waals surface area (Å²) in [5.41, 5.74) is -6.80. The Bertz CT molecular complexity index is 2550.